The lowest BCUT2D eigenvalue weighted by Crippen LogP contribution is -2.33. The monoisotopic (exact) mass is 538 g/mol. The van der Waals surface area contributed by atoms with Gasteiger partial charge in [-0.05, 0) is 18.8 Å². The van der Waals surface area contributed by atoms with Crippen LogP contribution in [-0.4, -0.2) is 69.7 Å². The summed E-state index contributed by atoms with van der Waals surface area (Å²) in [5, 5.41) is 7.70. The van der Waals surface area contributed by atoms with Gasteiger partial charge < -0.3 is 14.2 Å². The zero-order valence-electron chi connectivity index (χ0n) is 20.6. The van der Waals surface area contributed by atoms with Crippen molar-refractivity contribution in [1.82, 2.24) is 34.7 Å². The van der Waals surface area contributed by atoms with Crippen LogP contribution in [0.5, 0.6) is 11.8 Å². The average Bonchev–Trinajstić information content (AvgIpc) is 3.30. The molecule has 1 aliphatic rings. The molecule has 13 nitrogen and oxygen atoms in total. The van der Waals surface area contributed by atoms with E-state index in [1.54, 1.807) is 0 Å². The number of halogens is 1. The van der Waals surface area contributed by atoms with Gasteiger partial charge in [0.25, 0.3) is 0 Å². The molecular weight excluding hydrogens is 512 g/mol. The first-order valence-electron chi connectivity index (χ1n) is 10.9. The standard InChI is InChI=1S/C21H27ClN8O5S/c1-11(15(33-4)16-23-8-12(22)9-24-16)36(31,32)29-20-28-27-17(13-7-21(13,2)3)30(20)14-18(34-5)25-10-26-19(14)35-6/h8-11,13,15H,7H2,1-6H3,(H,28,29)/t11?,13-,15?/m0/s1. The Kier molecular flexibility index (Phi) is 7.03. The third-order valence-electron chi connectivity index (χ3n) is 6.18. The first-order chi connectivity index (χ1) is 17.0. The topological polar surface area (TPSA) is 156 Å². The summed E-state index contributed by atoms with van der Waals surface area (Å²) in [7, 11) is 0.154. The fraction of sp³-hybridized carbons (Fsp3) is 0.524. The molecule has 3 atom stereocenters. The van der Waals surface area contributed by atoms with Crippen LogP contribution in [0.3, 0.4) is 0 Å². The van der Waals surface area contributed by atoms with E-state index in [9.17, 15) is 8.42 Å². The second kappa shape index (κ2) is 9.75. The minimum Gasteiger partial charge on any atom is -0.479 e. The average molecular weight is 539 g/mol. The highest BCUT2D eigenvalue weighted by Crippen LogP contribution is 2.58. The number of aromatic nitrogens is 7. The molecule has 0 bridgehead atoms. The molecule has 3 heterocycles. The van der Waals surface area contributed by atoms with Crippen molar-refractivity contribution in [3.63, 3.8) is 0 Å². The molecule has 0 amide bonds. The van der Waals surface area contributed by atoms with Gasteiger partial charge in [-0.3, -0.25) is 9.29 Å². The molecule has 1 aliphatic carbocycles. The van der Waals surface area contributed by atoms with Crippen LogP contribution in [0.2, 0.25) is 5.02 Å². The first-order valence-corrected chi connectivity index (χ1v) is 12.9. The number of ether oxygens (including phenoxy) is 3. The lowest BCUT2D eigenvalue weighted by atomic mass is 10.1. The molecule has 0 radical (unpaired) electrons. The van der Waals surface area contributed by atoms with Crippen molar-refractivity contribution in [1.29, 1.82) is 0 Å². The molecule has 0 aromatic carbocycles. The molecule has 36 heavy (non-hydrogen) atoms. The SMILES string of the molecule is COc1ncnc(OC)c1-n1c(NS(=O)(=O)C(C)C(OC)c2ncc(Cl)cn2)nnc1[C@@H]1CC1(C)C. The maximum absolute atomic E-state index is 13.5. The Bertz CT molecular complexity index is 1330. The number of anilines is 1. The number of methoxy groups -OCH3 is 3. The second-order valence-corrected chi connectivity index (χ2v) is 11.4. The Hall–Kier alpha value is -3.10. The summed E-state index contributed by atoms with van der Waals surface area (Å²) in [5.74, 6) is 0.975. The highest BCUT2D eigenvalue weighted by Gasteiger charge is 2.50. The van der Waals surface area contributed by atoms with E-state index in [2.05, 4.69) is 48.7 Å². The number of nitrogens with one attached hydrogen (secondary N) is 1. The van der Waals surface area contributed by atoms with E-state index in [-0.39, 0.29) is 40.6 Å². The van der Waals surface area contributed by atoms with Crippen molar-refractivity contribution in [2.24, 2.45) is 5.41 Å². The predicted octanol–water partition coefficient (Wildman–Crippen LogP) is 2.55. The van der Waals surface area contributed by atoms with E-state index >= 15 is 0 Å². The smallest absolute Gasteiger partial charge is 0.245 e. The second-order valence-electron chi connectivity index (χ2n) is 8.97. The Morgan fingerprint density at radius 2 is 1.67 bits per heavy atom. The molecule has 194 valence electrons. The van der Waals surface area contributed by atoms with Crippen molar-refractivity contribution in [3.05, 3.63) is 35.4 Å². The lowest BCUT2D eigenvalue weighted by Gasteiger charge is -2.22. The first kappa shape index (κ1) is 26.0. The van der Waals surface area contributed by atoms with Crippen LogP contribution in [0, 0.1) is 5.41 Å². The normalized spacial score (nSPS) is 18.4. The number of rotatable bonds is 10. The summed E-state index contributed by atoms with van der Waals surface area (Å²) >= 11 is 5.87. The molecule has 1 fully saturated rings. The van der Waals surface area contributed by atoms with Crippen LogP contribution in [0.1, 0.15) is 50.9 Å². The third-order valence-corrected chi connectivity index (χ3v) is 8.07. The van der Waals surface area contributed by atoms with Crippen LogP contribution >= 0.6 is 11.6 Å². The minimum atomic E-state index is -4.11. The zero-order chi connectivity index (χ0) is 26.3. The highest BCUT2D eigenvalue weighted by atomic mass is 35.5. The molecule has 0 spiro atoms. The summed E-state index contributed by atoms with van der Waals surface area (Å²) in [4.78, 5) is 16.6. The van der Waals surface area contributed by atoms with Crippen molar-refractivity contribution < 1.29 is 22.6 Å². The molecule has 1 saturated carbocycles. The van der Waals surface area contributed by atoms with Crippen molar-refractivity contribution >= 4 is 27.6 Å². The van der Waals surface area contributed by atoms with Crippen LogP contribution in [0.25, 0.3) is 5.69 Å². The highest BCUT2D eigenvalue weighted by molar-refractivity contribution is 7.93. The van der Waals surface area contributed by atoms with Gasteiger partial charge in [-0.25, -0.2) is 18.4 Å². The van der Waals surface area contributed by atoms with E-state index in [0.29, 0.717) is 10.8 Å². The summed E-state index contributed by atoms with van der Waals surface area (Å²) in [5.41, 5.74) is 0.233. The summed E-state index contributed by atoms with van der Waals surface area (Å²) in [6.07, 6.45) is 3.88. The Morgan fingerprint density at radius 1 is 1.08 bits per heavy atom. The van der Waals surface area contributed by atoms with Gasteiger partial charge in [0.1, 0.15) is 23.5 Å². The van der Waals surface area contributed by atoms with E-state index < -0.39 is 21.4 Å². The Labute approximate surface area is 213 Å². The fourth-order valence-electron chi connectivity index (χ4n) is 3.91. The maximum Gasteiger partial charge on any atom is 0.245 e. The van der Waals surface area contributed by atoms with Gasteiger partial charge in [0, 0.05) is 25.4 Å². The van der Waals surface area contributed by atoms with E-state index in [4.69, 9.17) is 25.8 Å². The van der Waals surface area contributed by atoms with E-state index in [1.807, 2.05) is 0 Å². The maximum atomic E-state index is 13.5. The summed E-state index contributed by atoms with van der Waals surface area (Å²) < 4.78 is 47.4. The largest absolute Gasteiger partial charge is 0.479 e. The molecule has 0 saturated heterocycles. The number of hydrogen-bond donors (Lipinski definition) is 1. The summed E-state index contributed by atoms with van der Waals surface area (Å²) in [6, 6.07) is 0. The third kappa shape index (κ3) is 4.80. The van der Waals surface area contributed by atoms with Crippen LogP contribution in [-0.2, 0) is 14.8 Å². The van der Waals surface area contributed by atoms with Gasteiger partial charge in [-0.1, -0.05) is 25.4 Å². The molecule has 1 N–H and O–H groups in total. The van der Waals surface area contributed by atoms with Gasteiger partial charge in [-0.15, -0.1) is 10.2 Å². The number of hydrogen-bond acceptors (Lipinski definition) is 11. The molecule has 3 aromatic heterocycles. The fourth-order valence-corrected chi connectivity index (χ4v) is 5.14. The molecule has 15 heteroatoms. The van der Waals surface area contributed by atoms with Gasteiger partial charge >= 0.3 is 0 Å². The molecular formula is C21H27ClN8O5S. The lowest BCUT2D eigenvalue weighted by molar-refractivity contribution is 0.0950. The van der Waals surface area contributed by atoms with Crippen LogP contribution in [0.4, 0.5) is 5.95 Å². The van der Waals surface area contributed by atoms with Gasteiger partial charge in [0.2, 0.25) is 27.7 Å². The Balaban J connectivity index is 1.78. The predicted molar refractivity (Wildman–Crippen MR) is 130 cm³/mol. The number of nitrogens with zero attached hydrogens (tertiary/aromatic N) is 7. The molecule has 3 aromatic rings. The van der Waals surface area contributed by atoms with E-state index in [0.717, 1.165) is 6.42 Å². The van der Waals surface area contributed by atoms with Crippen LogP contribution < -0.4 is 14.2 Å². The van der Waals surface area contributed by atoms with Gasteiger partial charge in [0.15, 0.2) is 11.5 Å². The van der Waals surface area contributed by atoms with Gasteiger partial charge in [-0.2, -0.15) is 9.97 Å². The van der Waals surface area contributed by atoms with Gasteiger partial charge in [0.05, 0.1) is 19.2 Å². The Morgan fingerprint density at radius 3 is 2.17 bits per heavy atom. The van der Waals surface area contributed by atoms with Crippen molar-refractivity contribution in [2.45, 2.75) is 44.5 Å². The minimum absolute atomic E-state index is 0.0180. The summed E-state index contributed by atoms with van der Waals surface area (Å²) in [6.45, 7) is 5.66. The number of sulfonamides is 1. The molecule has 2 unspecified atom stereocenters. The zero-order valence-corrected chi connectivity index (χ0v) is 22.2. The van der Waals surface area contributed by atoms with E-state index in [1.165, 1.54) is 51.5 Å². The van der Waals surface area contributed by atoms with Crippen LogP contribution in [0.15, 0.2) is 18.7 Å². The van der Waals surface area contributed by atoms with Crippen molar-refractivity contribution in [2.75, 3.05) is 26.1 Å². The molecule has 0 aliphatic heterocycles. The quantitative estimate of drug-likeness (QED) is 0.404. The van der Waals surface area contributed by atoms with Crippen molar-refractivity contribution in [3.8, 4) is 17.4 Å². The molecule has 4 rings (SSSR count).